The summed E-state index contributed by atoms with van der Waals surface area (Å²) in [5, 5.41) is 22.0. The van der Waals surface area contributed by atoms with Crippen molar-refractivity contribution in [3.63, 3.8) is 0 Å². The van der Waals surface area contributed by atoms with Gasteiger partial charge in [-0.25, -0.2) is 0 Å². The molecular weight excluding hydrogens is 322 g/mol. The Bertz CT molecular complexity index is 678. The van der Waals surface area contributed by atoms with Crippen LogP contribution in [0.3, 0.4) is 0 Å². The van der Waals surface area contributed by atoms with Crippen molar-refractivity contribution >= 4 is 11.6 Å². The van der Waals surface area contributed by atoms with Gasteiger partial charge >= 0.3 is 0 Å². The lowest BCUT2D eigenvalue weighted by Gasteiger charge is -2.39. The molecule has 0 bridgehead atoms. The molecule has 0 unspecified atom stereocenters. The molecule has 1 fully saturated rings. The molecule has 4 heteroatoms. The van der Waals surface area contributed by atoms with Crippen molar-refractivity contribution in [2.45, 2.75) is 31.5 Å². The number of rotatable bonds is 4. The molecule has 1 aliphatic rings. The van der Waals surface area contributed by atoms with E-state index < -0.39 is 11.7 Å². The summed E-state index contributed by atoms with van der Waals surface area (Å²) in [5.74, 6) is 0. The van der Waals surface area contributed by atoms with E-state index in [4.69, 9.17) is 11.6 Å². The summed E-state index contributed by atoms with van der Waals surface area (Å²) in [7, 11) is 0. The van der Waals surface area contributed by atoms with Crippen molar-refractivity contribution in [1.29, 1.82) is 0 Å². The van der Waals surface area contributed by atoms with E-state index in [0.29, 0.717) is 24.4 Å². The molecule has 128 valence electrons. The minimum atomic E-state index is -0.756. The summed E-state index contributed by atoms with van der Waals surface area (Å²) in [6, 6.07) is 15.4. The molecule has 0 amide bonds. The van der Waals surface area contributed by atoms with E-state index in [1.165, 1.54) is 5.56 Å². The van der Waals surface area contributed by atoms with Crippen LogP contribution in [0.25, 0.3) is 0 Å². The van der Waals surface area contributed by atoms with Gasteiger partial charge in [-0.05, 0) is 43.0 Å². The number of halogens is 1. The smallest absolute Gasteiger partial charge is 0.0921 e. The Hall–Kier alpha value is -1.39. The molecule has 0 radical (unpaired) electrons. The lowest BCUT2D eigenvalue weighted by molar-refractivity contribution is -0.0345. The summed E-state index contributed by atoms with van der Waals surface area (Å²) in [5.41, 5.74) is 2.29. The lowest BCUT2D eigenvalue weighted by Crippen LogP contribution is -2.44. The Labute approximate surface area is 148 Å². The third-order valence-electron chi connectivity index (χ3n) is 4.92. The van der Waals surface area contributed by atoms with Crippen LogP contribution in [0.5, 0.6) is 0 Å². The molecule has 1 atom stereocenters. The molecular formula is C20H24ClNO2. The van der Waals surface area contributed by atoms with Gasteiger partial charge < -0.3 is 15.1 Å². The first kappa shape index (κ1) is 17.4. The first-order valence-electron chi connectivity index (χ1n) is 8.42. The number of likely N-dealkylation sites (tertiary alicyclic amines) is 1. The topological polar surface area (TPSA) is 43.7 Å². The summed E-state index contributed by atoms with van der Waals surface area (Å²) < 4.78 is 0. The largest absolute Gasteiger partial charge is 0.387 e. The fourth-order valence-corrected chi connectivity index (χ4v) is 3.49. The second kappa shape index (κ2) is 7.24. The fourth-order valence-electron chi connectivity index (χ4n) is 3.36. The number of aliphatic hydroxyl groups is 2. The van der Waals surface area contributed by atoms with Gasteiger partial charge in [-0.2, -0.15) is 0 Å². The first-order chi connectivity index (χ1) is 11.5. The van der Waals surface area contributed by atoms with E-state index in [1.807, 2.05) is 37.3 Å². The Morgan fingerprint density at radius 1 is 1.12 bits per heavy atom. The normalized spacial score (nSPS) is 19.2. The summed E-state index contributed by atoms with van der Waals surface area (Å²) >= 11 is 5.89. The van der Waals surface area contributed by atoms with Crippen molar-refractivity contribution in [3.8, 4) is 0 Å². The van der Waals surface area contributed by atoms with Gasteiger partial charge in [0.2, 0.25) is 0 Å². The average molecular weight is 346 g/mol. The third kappa shape index (κ3) is 3.98. The van der Waals surface area contributed by atoms with E-state index in [-0.39, 0.29) is 0 Å². The molecule has 1 aliphatic heterocycles. The van der Waals surface area contributed by atoms with E-state index >= 15 is 0 Å². The molecule has 0 aliphatic carbocycles. The highest BCUT2D eigenvalue weighted by Gasteiger charge is 2.34. The van der Waals surface area contributed by atoms with E-state index in [2.05, 4.69) is 11.0 Å². The van der Waals surface area contributed by atoms with Crippen molar-refractivity contribution in [1.82, 2.24) is 4.90 Å². The zero-order valence-electron chi connectivity index (χ0n) is 14.0. The Morgan fingerprint density at radius 3 is 2.42 bits per heavy atom. The molecule has 0 aromatic heterocycles. The first-order valence-corrected chi connectivity index (χ1v) is 8.79. The van der Waals surface area contributed by atoms with Gasteiger partial charge in [0.15, 0.2) is 0 Å². The Kier molecular flexibility index (Phi) is 5.26. The number of β-amino-alcohol motifs (C(OH)–C–C–N with tert-alkyl or cyclic N) is 1. The van der Waals surface area contributed by atoms with Crippen LogP contribution in [0.2, 0.25) is 5.02 Å². The zero-order valence-corrected chi connectivity index (χ0v) is 14.7. The highest BCUT2D eigenvalue weighted by molar-refractivity contribution is 6.30. The molecule has 2 aromatic rings. The van der Waals surface area contributed by atoms with E-state index in [0.717, 1.165) is 24.2 Å². The van der Waals surface area contributed by atoms with Crippen LogP contribution in [0, 0.1) is 6.92 Å². The van der Waals surface area contributed by atoms with Gasteiger partial charge in [0.25, 0.3) is 0 Å². The van der Waals surface area contributed by atoms with Crippen LogP contribution >= 0.6 is 11.6 Å². The van der Waals surface area contributed by atoms with Gasteiger partial charge in [-0.1, -0.05) is 53.6 Å². The van der Waals surface area contributed by atoms with Crippen molar-refractivity contribution in [2.75, 3.05) is 19.6 Å². The van der Waals surface area contributed by atoms with Crippen molar-refractivity contribution in [3.05, 3.63) is 70.2 Å². The molecule has 3 nitrogen and oxygen atoms in total. The molecule has 1 saturated heterocycles. The van der Waals surface area contributed by atoms with Gasteiger partial charge in [0, 0.05) is 24.7 Å². The number of hydrogen-bond acceptors (Lipinski definition) is 3. The molecule has 24 heavy (non-hydrogen) atoms. The number of piperidine rings is 1. The van der Waals surface area contributed by atoms with Crippen molar-refractivity contribution in [2.24, 2.45) is 0 Å². The highest BCUT2D eigenvalue weighted by Crippen LogP contribution is 2.33. The number of aliphatic hydroxyl groups excluding tert-OH is 1. The van der Waals surface area contributed by atoms with Crippen LogP contribution in [-0.4, -0.2) is 34.7 Å². The van der Waals surface area contributed by atoms with Crippen LogP contribution < -0.4 is 0 Å². The SMILES string of the molecule is Cc1cccc(C2(O)CCN(C[C@@H](O)c3ccc(Cl)cc3)CC2)c1. The van der Waals surface area contributed by atoms with Gasteiger partial charge in [0.05, 0.1) is 11.7 Å². The summed E-state index contributed by atoms with van der Waals surface area (Å²) in [6.45, 7) is 4.17. The quantitative estimate of drug-likeness (QED) is 0.888. The fraction of sp³-hybridized carbons (Fsp3) is 0.400. The maximum absolute atomic E-state index is 11.0. The van der Waals surface area contributed by atoms with Crippen LogP contribution in [0.15, 0.2) is 48.5 Å². The molecule has 3 rings (SSSR count). The number of benzene rings is 2. The lowest BCUT2D eigenvalue weighted by atomic mass is 9.84. The molecule has 2 N–H and O–H groups in total. The molecule has 0 spiro atoms. The average Bonchev–Trinajstić information content (AvgIpc) is 2.58. The summed E-state index contributed by atoms with van der Waals surface area (Å²) in [4.78, 5) is 2.21. The number of nitrogens with zero attached hydrogens (tertiary/aromatic N) is 1. The molecule has 0 saturated carbocycles. The number of hydrogen-bond donors (Lipinski definition) is 2. The second-order valence-electron chi connectivity index (χ2n) is 6.77. The van der Waals surface area contributed by atoms with Crippen LogP contribution in [0.4, 0.5) is 0 Å². The minimum Gasteiger partial charge on any atom is -0.387 e. The van der Waals surface area contributed by atoms with Gasteiger partial charge in [-0.15, -0.1) is 0 Å². The predicted octanol–water partition coefficient (Wildman–Crippen LogP) is 3.67. The van der Waals surface area contributed by atoms with Crippen LogP contribution in [0.1, 0.15) is 35.6 Å². The maximum Gasteiger partial charge on any atom is 0.0921 e. The van der Waals surface area contributed by atoms with E-state index in [1.54, 1.807) is 12.1 Å². The third-order valence-corrected chi connectivity index (χ3v) is 5.18. The maximum atomic E-state index is 11.0. The molecule has 2 aromatic carbocycles. The number of aryl methyl sites for hydroxylation is 1. The Morgan fingerprint density at radius 2 is 1.79 bits per heavy atom. The predicted molar refractivity (Wildman–Crippen MR) is 97.2 cm³/mol. The standard InChI is InChI=1S/C20H24ClNO2/c1-15-3-2-4-17(13-15)20(24)9-11-22(12-10-20)14-19(23)16-5-7-18(21)8-6-16/h2-8,13,19,23-24H,9-12,14H2,1H3/t19-/m1/s1. The highest BCUT2D eigenvalue weighted by atomic mass is 35.5. The van der Waals surface area contributed by atoms with Crippen molar-refractivity contribution < 1.29 is 10.2 Å². The zero-order chi connectivity index (χ0) is 17.2. The van der Waals surface area contributed by atoms with Gasteiger partial charge in [-0.3, -0.25) is 0 Å². The summed E-state index contributed by atoms with van der Waals surface area (Å²) in [6.07, 6.45) is 0.834. The Balaban J connectivity index is 1.59. The monoisotopic (exact) mass is 345 g/mol. The van der Waals surface area contributed by atoms with Crippen LogP contribution in [-0.2, 0) is 5.60 Å². The van der Waals surface area contributed by atoms with E-state index in [9.17, 15) is 10.2 Å². The molecule has 1 heterocycles. The van der Waals surface area contributed by atoms with Gasteiger partial charge in [0.1, 0.15) is 0 Å². The second-order valence-corrected chi connectivity index (χ2v) is 7.21. The minimum absolute atomic E-state index is 0.535.